The maximum absolute atomic E-state index is 12.3. The Hall–Kier alpha value is -0.290. The molecule has 0 aliphatic carbocycles. The van der Waals surface area contributed by atoms with Gasteiger partial charge in [-0.25, -0.2) is 0 Å². The molecule has 2 unspecified atom stereocenters. The Balaban J connectivity index is 0.00000220. The first-order valence-electron chi connectivity index (χ1n) is 6.64. The Morgan fingerprint density at radius 2 is 2.19 bits per heavy atom. The van der Waals surface area contributed by atoms with Gasteiger partial charge in [-0.1, -0.05) is 0 Å². The predicted octanol–water partition coefficient (Wildman–Crippen LogP) is 1.22. The summed E-state index contributed by atoms with van der Waals surface area (Å²) in [7, 11) is 1.53. The second-order valence-corrected chi connectivity index (χ2v) is 5.46. The highest BCUT2D eigenvalue weighted by Crippen LogP contribution is 2.38. The van der Waals surface area contributed by atoms with E-state index >= 15 is 0 Å². The summed E-state index contributed by atoms with van der Waals surface area (Å²) in [4.78, 5) is 5.92. The van der Waals surface area contributed by atoms with Gasteiger partial charge in [-0.2, -0.15) is 13.2 Å². The van der Waals surface area contributed by atoms with Gasteiger partial charge in [0.25, 0.3) is 0 Å². The van der Waals surface area contributed by atoms with Gasteiger partial charge in [-0.05, 0) is 12.8 Å². The van der Waals surface area contributed by atoms with E-state index in [-0.39, 0.29) is 29.4 Å². The zero-order valence-corrected chi connectivity index (χ0v) is 14.1. The first-order chi connectivity index (χ1) is 9.36. The van der Waals surface area contributed by atoms with Crippen LogP contribution < -0.4 is 5.32 Å². The SMILES string of the molecule is CN=C(NCC(O)C(F)(F)F)N1CCC2(CCOC2)C1.I. The highest BCUT2D eigenvalue weighted by Gasteiger charge is 2.43. The number of rotatable bonds is 2. The topological polar surface area (TPSA) is 57.1 Å². The number of nitrogens with one attached hydrogen (secondary N) is 1. The molecule has 2 saturated heterocycles. The molecule has 0 saturated carbocycles. The molecule has 1 spiro atoms. The van der Waals surface area contributed by atoms with E-state index in [2.05, 4.69) is 10.3 Å². The van der Waals surface area contributed by atoms with Gasteiger partial charge in [0.2, 0.25) is 0 Å². The molecule has 0 amide bonds. The second kappa shape index (κ2) is 7.32. The first-order valence-corrected chi connectivity index (χ1v) is 6.64. The molecule has 0 aromatic rings. The Morgan fingerprint density at radius 3 is 2.71 bits per heavy atom. The van der Waals surface area contributed by atoms with Crippen molar-refractivity contribution in [3.05, 3.63) is 0 Å². The van der Waals surface area contributed by atoms with Gasteiger partial charge in [0.05, 0.1) is 13.2 Å². The molecular formula is C12H21F3IN3O2. The molecule has 2 heterocycles. The number of hydrogen-bond donors (Lipinski definition) is 2. The normalized spacial score (nSPS) is 27.9. The minimum absolute atomic E-state index is 0. The van der Waals surface area contributed by atoms with Crippen LogP contribution in [0.4, 0.5) is 13.2 Å². The van der Waals surface area contributed by atoms with E-state index in [4.69, 9.17) is 9.84 Å². The number of nitrogens with zero attached hydrogens (tertiary/aromatic N) is 2. The average molecular weight is 423 g/mol. The van der Waals surface area contributed by atoms with Crippen LogP contribution in [0.5, 0.6) is 0 Å². The Bertz CT molecular complexity index is 373. The zero-order valence-electron chi connectivity index (χ0n) is 11.8. The summed E-state index contributed by atoms with van der Waals surface area (Å²) in [5.74, 6) is 0.400. The van der Waals surface area contributed by atoms with E-state index in [0.717, 1.165) is 32.5 Å². The fraction of sp³-hybridized carbons (Fsp3) is 0.917. The third-order valence-corrected chi connectivity index (χ3v) is 3.97. The van der Waals surface area contributed by atoms with Gasteiger partial charge >= 0.3 is 6.18 Å². The van der Waals surface area contributed by atoms with Crippen molar-refractivity contribution < 1.29 is 23.0 Å². The molecule has 0 aromatic carbocycles. The van der Waals surface area contributed by atoms with Crippen LogP contribution in [-0.2, 0) is 4.74 Å². The molecule has 2 aliphatic heterocycles. The van der Waals surface area contributed by atoms with Gasteiger partial charge in [-0.3, -0.25) is 4.99 Å². The minimum Gasteiger partial charge on any atom is -0.382 e. The molecule has 2 atom stereocenters. The monoisotopic (exact) mass is 423 g/mol. The standard InChI is InChI=1S/C12H20F3N3O2.HI/c1-16-10(17-6-9(19)12(13,14)15)18-4-2-11(7-18)3-5-20-8-11;/h9,19H,2-8H2,1H3,(H,16,17);1H. The van der Waals surface area contributed by atoms with Crippen molar-refractivity contribution in [2.24, 2.45) is 10.4 Å². The Kier molecular flexibility index (Phi) is 6.54. The number of ether oxygens (including phenoxy) is 1. The number of alkyl halides is 3. The number of aliphatic hydroxyl groups is 1. The molecular weight excluding hydrogens is 402 g/mol. The second-order valence-electron chi connectivity index (χ2n) is 5.46. The van der Waals surface area contributed by atoms with Gasteiger partial charge in [0.15, 0.2) is 12.1 Å². The average Bonchev–Trinajstić information content (AvgIpc) is 3.00. The van der Waals surface area contributed by atoms with E-state index in [1.807, 2.05) is 4.90 Å². The summed E-state index contributed by atoms with van der Waals surface area (Å²) in [5.41, 5.74) is 0.111. The van der Waals surface area contributed by atoms with Crippen molar-refractivity contribution >= 4 is 29.9 Å². The molecule has 0 bridgehead atoms. The highest BCUT2D eigenvalue weighted by atomic mass is 127. The van der Waals surface area contributed by atoms with Crippen LogP contribution >= 0.6 is 24.0 Å². The van der Waals surface area contributed by atoms with Crippen LogP contribution in [0.1, 0.15) is 12.8 Å². The highest BCUT2D eigenvalue weighted by molar-refractivity contribution is 14.0. The van der Waals surface area contributed by atoms with Crippen LogP contribution in [-0.4, -0.2) is 68.1 Å². The molecule has 0 aromatic heterocycles. The largest absolute Gasteiger partial charge is 0.416 e. The summed E-state index contributed by atoms with van der Waals surface area (Å²) >= 11 is 0. The molecule has 2 N–H and O–H groups in total. The summed E-state index contributed by atoms with van der Waals surface area (Å²) in [6.07, 6.45) is -5.07. The summed E-state index contributed by atoms with van der Waals surface area (Å²) in [6, 6.07) is 0. The van der Waals surface area contributed by atoms with Crippen molar-refractivity contribution in [2.45, 2.75) is 25.1 Å². The van der Waals surface area contributed by atoms with Crippen molar-refractivity contribution in [1.29, 1.82) is 0 Å². The lowest BCUT2D eigenvalue weighted by atomic mass is 9.87. The maximum Gasteiger partial charge on any atom is 0.416 e. The third-order valence-electron chi connectivity index (χ3n) is 3.97. The number of likely N-dealkylation sites (tertiary alicyclic amines) is 1. The lowest BCUT2D eigenvalue weighted by molar-refractivity contribution is -0.201. The minimum atomic E-state index is -4.61. The quantitative estimate of drug-likeness (QED) is 0.399. The van der Waals surface area contributed by atoms with Crippen LogP contribution in [0.2, 0.25) is 0 Å². The first kappa shape index (κ1) is 18.8. The van der Waals surface area contributed by atoms with E-state index in [9.17, 15) is 13.2 Å². The van der Waals surface area contributed by atoms with E-state index in [1.54, 1.807) is 0 Å². The molecule has 0 radical (unpaired) electrons. The van der Waals surface area contributed by atoms with Crippen molar-refractivity contribution in [3.63, 3.8) is 0 Å². The van der Waals surface area contributed by atoms with Gasteiger partial charge in [0.1, 0.15) is 0 Å². The smallest absolute Gasteiger partial charge is 0.382 e. The van der Waals surface area contributed by atoms with Crippen LogP contribution in [0.3, 0.4) is 0 Å². The number of aliphatic imine (C=N–C) groups is 1. The van der Waals surface area contributed by atoms with Crippen molar-refractivity contribution in [1.82, 2.24) is 10.2 Å². The molecule has 21 heavy (non-hydrogen) atoms. The number of hydrogen-bond acceptors (Lipinski definition) is 3. The predicted molar refractivity (Wildman–Crippen MR) is 82.9 cm³/mol. The third kappa shape index (κ3) is 4.59. The fourth-order valence-electron chi connectivity index (χ4n) is 2.72. The Labute approximate surface area is 138 Å². The lowest BCUT2D eigenvalue weighted by Gasteiger charge is -2.26. The number of aliphatic hydroxyl groups excluding tert-OH is 1. The lowest BCUT2D eigenvalue weighted by Crippen LogP contribution is -2.47. The van der Waals surface area contributed by atoms with Crippen LogP contribution in [0.15, 0.2) is 4.99 Å². The van der Waals surface area contributed by atoms with E-state index < -0.39 is 18.8 Å². The van der Waals surface area contributed by atoms with Crippen LogP contribution in [0, 0.1) is 5.41 Å². The van der Waals surface area contributed by atoms with E-state index in [1.165, 1.54) is 7.05 Å². The fourth-order valence-corrected chi connectivity index (χ4v) is 2.72. The summed E-state index contributed by atoms with van der Waals surface area (Å²) in [6.45, 7) is 2.33. The van der Waals surface area contributed by atoms with Gasteiger partial charge < -0.3 is 20.1 Å². The Morgan fingerprint density at radius 1 is 1.48 bits per heavy atom. The number of halogens is 4. The van der Waals surface area contributed by atoms with Crippen molar-refractivity contribution in [2.75, 3.05) is 39.9 Å². The maximum atomic E-state index is 12.3. The van der Waals surface area contributed by atoms with Gasteiger partial charge in [-0.15, -0.1) is 24.0 Å². The molecule has 2 rings (SSSR count). The van der Waals surface area contributed by atoms with Gasteiger partial charge in [0, 0.05) is 32.2 Å². The molecule has 9 heteroatoms. The molecule has 2 aliphatic rings. The number of guanidine groups is 1. The van der Waals surface area contributed by atoms with E-state index in [0.29, 0.717) is 12.6 Å². The molecule has 2 fully saturated rings. The summed E-state index contributed by atoms with van der Waals surface area (Å²) < 4.78 is 42.2. The molecule has 124 valence electrons. The summed E-state index contributed by atoms with van der Waals surface area (Å²) in [5, 5.41) is 11.6. The molecule has 5 nitrogen and oxygen atoms in total. The van der Waals surface area contributed by atoms with Crippen molar-refractivity contribution in [3.8, 4) is 0 Å². The van der Waals surface area contributed by atoms with Crippen LogP contribution in [0.25, 0.3) is 0 Å². The zero-order chi connectivity index (χ0) is 14.8.